The van der Waals surface area contributed by atoms with Crippen molar-refractivity contribution in [3.8, 4) is 0 Å². The molecule has 0 aliphatic carbocycles. The van der Waals surface area contributed by atoms with Gasteiger partial charge >= 0.3 is 5.97 Å². The van der Waals surface area contributed by atoms with Gasteiger partial charge in [0.2, 0.25) is 0 Å². The van der Waals surface area contributed by atoms with Gasteiger partial charge in [-0.2, -0.15) is 0 Å². The second kappa shape index (κ2) is 8.44. The van der Waals surface area contributed by atoms with E-state index in [0.29, 0.717) is 0 Å². The molecule has 1 rings (SSSR count). The van der Waals surface area contributed by atoms with E-state index in [2.05, 4.69) is 0 Å². The number of carbonyl (C=O) groups is 1. The van der Waals surface area contributed by atoms with Crippen molar-refractivity contribution in [1.29, 1.82) is 0 Å². The van der Waals surface area contributed by atoms with E-state index in [-0.39, 0.29) is 0 Å². The molecular formula is C14H18O6. The maximum atomic E-state index is 11.4. The summed E-state index contributed by atoms with van der Waals surface area (Å²) in [6.45, 7) is -1.17. The van der Waals surface area contributed by atoms with E-state index >= 15 is 0 Å². The first-order valence-electron chi connectivity index (χ1n) is 6.09. The van der Waals surface area contributed by atoms with Crippen LogP contribution >= 0.6 is 0 Å². The zero-order valence-electron chi connectivity index (χ0n) is 10.8. The van der Waals surface area contributed by atoms with Crippen molar-refractivity contribution in [2.24, 2.45) is 0 Å². The van der Waals surface area contributed by atoms with Crippen LogP contribution in [0.25, 0.3) is 6.08 Å². The molecule has 0 fully saturated rings. The molecule has 1 aromatic rings. The summed E-state index contributed by atoms with van der Waals surface area (Å²) in [4.78, 5) is 11.4. The smallest absolute Gasteiger partial charge is 0.330 e. The normalized spacial score (nSPS) is 15.8. The van der Waals surface area contributed by atoms with Gasteiger partial charge in [-0.05, 0) is 11.6 Å². The summed E-state index contributed by atoms with van der Waals surface area (Å²) in [6, 6.07) is 9.10. The van der Waals surface area contributed by atoms with Crippen molar-refractivity contribution in [3.63, 3.8) is 0 Å². The molecular weight excluding hydrogens is 264 g/mol. The lowest BCUT2D eigenvalue weighted by Gasteiger charge is -2.20. The van der Waals surface area contributed by atoms with Crippen molar-refractivity contribution in [1.82, 2.24) is 0 Å². The maximum Gasteiger partial charge on any atom is 0.330 e. The lowest BCUT2D eigenvalue weighted by molar-refractivity contribution is -0.146. The molecule has 0 bridgehead atoms. The number of benzene rings is 1. The predicted octanol–water partition coefficient (Wildman–Crippen LogP) is -0.682. The Balaban J connectivity index is 2.38. The van der Waals surface area contributed by atoms with Gasteiger partial charge < -0.3 is 25.2 Å². The van der Waals surface area contributed by atoms with E-state index in [0.717, 1.165) is 5.56 Å². The van der Waals surface area contributed by atoms with Crippen LogP contribution in [0, 0.1) is 0 Å². The fraction of sp³-hybridized carbons (Fsp3) is 0.357. The zero-order chi connectivity index (χ0) is 15.0. The number of ether oxygens (including phenoxy) is 1. The summed E-state index contributed by atoms with van der Waals surface area (Å²) in [5.74, 6) is -0.682. The van der Waals surface area contributed by atoms with Crippen LogP contribution < -0.4 is 0 Å². The van der Waals surface area contributed by atoms with E-state index in [1.165, 1.54) is 6.08 Å². The monoisotopic (exact) mass is 282 g/mol. The van der Waals surface area contributed by atoms with Gasteiger partial charge in [0.25, 0.3) is 0 Å². The van der Waals surface area contributed by atoms with E-state index in [9.17, 15) is 15.0 Å². The molecule has 0 amide bonds. The van der Waals surface area contributed by atoms with Crippen LogP contribution in [0.4, 0.5) is 0 Å². The van der Waals surface area contributed by atoms with E-state index in [1.54, 1.807) is 18.2 Å². The van der Waals surface area contributed by atoms with Gasteiger partial charge in [0.05, 0.1) is 6.61 Å². The van der Waals surface area contributed by atoms with E-state index < -0.39 is 37.5 Å². The second-order valence-corrected chi connectivity index (χ2v) is 4.18. The Hall–Kier alpha value is -1.73. The van der Waals surface area contributed by atoms with Gasteiger partial charge in [0.1, 0.15) is 24.9 Å². The molecule has 110 valence electrons. The summed E-state index contributed by atoms with van der Waals surface area (Å²) in [5, 5.41) is 36.5. The average Bonchev–Trinajstić information content (AvgIpc) is 2.49. The molecule has 0 saturated carbocycles. The number of esters is 1. The Morgan fingerprint density at radius 2 is 1.80 bits per heavy atom. The highest BCUT2D eigenvalue weighted by atomic mass is 16.5. The number of hydrogen-bond acceptors (Lipinski definition) is 6. The third kappa shape index (κ3) is 5.50. The van der Waals surface area contributed by atoms with Crippen molar-refractivity contribution >= 4 is 12.0 Å². The number of carbonyl (C=O) groups excluding carboxylic acids is 1. The number of aliphatic hydroxyl groups excluding tert-OH is 4. The molecule has 0 aromatic heterocycles. The minimum atomic E-state index is -1.58. The third-order valence-corrected chi connectivity index (χ3v) is 2.58. The largest absolute Gasteiger partial charge is 0.460 e. The molecule has 0 heterocycles. The lowest BCUT2D eigenvalue weighted by Crippen LogP contribution is -2.42. The van der Waals surface area contributed by atoms with Crippen LogP contribution in [0.3, 0.4) is 0 Å². The molecule has 0 radical (unpaired) electrons. The zero-order valence-corrected chi connectivity index (χ0v) is 10.8. The van der Waals surface area contributed by atoms with Crippen LogP contribution in [0.1, 0.15) is 5.56 Å². The van der Waals surface area contributed by atoms with Crippen LogP contribution in [0.5, 0.6) is 0 Å². The molecule has 6 heteroatoms. The lowest BCUT2D eigenvalue weighted by atomic mass is 10.1. The minimum Gasteiger partial charge on any atom is -0.460 e. The molecule has 0 aliphatic heterocycles. The summed E-state index contributed by atoms with van der Waals surface area (Å²) >= 11 is 0. The Labute approximate surface area is 116 Å². The molecule has 3 atom stereocenters. The van der Waals surface area contributed by atoms with Gasteiger partial charge in [-0.25, -0.2) is 4.79 Å². The summed E-state index contributed by atoms with van der Waals surface area (Å²) in [5.41, 5.74) is 0.820. The van der Waals surface area contributed by atoms with E-state index in [1.807, 2.05) is 18.2 Å². The second-order valence-electron chi connectivity index (χ2n) is 4.18. The van der Waals surface area contributed by atoms with Crippen molar-refractivity contribution in [3.05, 3.63) is 42.0 Å². The van der Waals surface area contributed by atoms with Crippen LogP contribution in [0.2, 0.25) is 0 Å². The first-order valence-corrected chi connectivity index (χ1v) is 6.09. The quantitative estimate of drug-likeness (QED) is 0.390. The van der Waals surface area contributed by atoms with Crippen molar-refractivity contribution in [2.75, 3.05) is 13.2 Å². The van der Waals surface area contributed by atoms with Gasteiger partial charge in [-0.3, -0.25) is 0 Å². The van der Waals surface area contributed by atoms with Crippen molar-refractivity contribution < 1.29 is 30.0 Å². The SMILES string of the molecule is O=C(C=Cc1ccccc1)OC[C@@H](O)[C@H](O)[C@@H](O)CO. The highest BCUT2D eigenvalue weighted by molar-refractivity contribution is 5.87. The number of rotatable bonds is 7. The fourth-order valence-corrected chi connectivity index (χ4v) is 1.41. The predicted molar refractivity (Wildman–Crippen MR) is 71.5 cm³/mol. The first-order chi connectivity index (χ1) is 9.54. The van der Waals surface area contributed by atoms with Crippen LogP contribution in [0.15, 0.2) is 36.4 Å². The molecule has 0 unspecified atom stereocenters. The van der Waals surface area contributed by atoms with Gasteiger partial charge in [0, 0.05) is 6.08 Å². The number of hydrogen-bond donors (Lipinski definition) is 4. The molecule has 6 nitrogen and oxygen atoms in total. The number of aliphatic hydroxyl groups is 4. The molecule has 1 aromatic carbocycles. The van der Waals surface area contributed by atoms with Gasteiger partial charge in [0.15, 0.2) is 0 Å². The van der Waals surface area contributed by atoms with E-state index in [4.69, 9.17) is 14.9 Å². The van der Waals surface area contributed by atoms with Crippen LogP contribution in [-0.2, 0) is 9.53 Å². The maximum absolute atomic E-state index is 11.4. The molecule has 0 aliphatic rings. The molecule has 0 saturated heterocycles. The first kappa shape index (κ1) is 16.3. The van der Waals surface area contributed by atoms with Crippen LogP contribution in [-0.4, -0.2) is 57.9 Å². The highest BCUT2D eigenvalue weighted by Gasteiger charge is 2.24. The van der Waals surface area contributed by atoms with Gasteiger partial charge in [-0.1, -0.05) is 30.3 Å². The summed E-state index contributed by atoms with van der Waals surface area (Å²) in [7, 11) is 0. The minimum absolute atomic E-state index is 0.476. The third-order valence-electron chi connectivity index (χ3n) is 2.58. The van der Waals surface area contributed by atoms with Crippen molar-refractivity contribution in [2.45, 2.75) is 18.3 Å². The highest BCUT2D eigenvalue weighted by Crippen LogP contribution is 2.03. The summed E-state index contributed by atoms with van der Waals surface area (Å²) in [6.07, 6.45) is -1.79. The average molecular weight is 282 g/mol. The summed E-state index contributed by atoms with van der Waals surface area (Å²) < 4.78 is 4.71. The molecule has 20 heavy (non-hydrogen) atoms. The fourth-order valence-electron chi connectivity index (χ4n) is 1.41. The van der Waals surface area contributed by atoms with Gasteiger partial charge in [-0.15, -0.1) is 0 Å². The molecule has 4 N–H and O–H groups in total. The Bertz CT molecular complexity index is 431. The topological polar surface area (TPSA) is 107 Å². The standard InChI is InChI=1S/C14H18O6/c15-8-11(16)14(19)12(17)9-20-13(18)7-6-10-4-2-1-3-5-10/h1-7,11-12,14-17,19H,8-9H2/t11-,12+,14+/m0/s1. The Morgan fingerprint density at radius 1 is 1.15 bits per heavy atom. The molecule has 0 spiro atoms. The Morgan fingerprint density at radius 3 is 2.40 bits per heavy atom. The Kier molecular flexibility index (Phi) is 6.89.